The zero-order valence-electron chi connectivity index (χ0n) is 12.4. The molecule has 5 nitrogen and oxygen atoms in total. The fraction of sp³-hybridized carbons (Fsp3) is 0.500. The summed E-state index contributed by atoms with van der Waals surface area (Å²) in [7, 11) is 0. The zero-order chi connectivity index (χ0) is 16.2. The molecule has 3 aliphatic rings. The van der Waals surface area contributed by atoms with Crippen LogP contribution in [0.4, 0.5) is 8.78 Å². The second-order valence-electron chi connectivity index (χ2n) is 6.19. The second-order valence-corrected chi connectivity index (χ2v) is 6.19. The van der Waals surface area contributed by atoms with Gasteiger partial charge in [0.1, 0.15) is 0 Å². The van der Waals surface area contributed by atoms with Crippen molar-refractivity contribution >= 4 is 11.8 Å². The van der Waals surface area contributed by atoms with Crippen molar-refractivity contribution in [2.45, 2.75) is 31.0 Å². The van der Waals surface area contributed by atoms with Crippen LogP contribution in [-0.2, 0) is 9.53 Å². The van der Waals surface area contributed by atoms with Crippen LogP contribution in [0.15, 0.2) is 18.2 Å². The molecule has 4 rings (SSSR count). The smallest absolute Gasteiger partial charge is 0.254 e. The molecule has 1 spiro atoms. The number of halogens is 2. The molecule has 0 bridgehead atoms. The number of hydrogen-bond acceptors (Lipinski definition) is 3. The molecule has 0 aromatic heterocycles. The molecule has 3 saturated heterocycles. The van der Waals surface area contributed by atoms with Crippen molar-refractivity contribution in [2.75, 3.05) is 19.7 Å². The van der Waals surface area contributed by atoms with Gasteiger partial charge in [0, 0.05) is 25.1 Å². The third-order valence-electron chi connectivity index (χ3n) is 5.04. The van der Waals surface area contributed by atoms with E-state index in [1.165, 1.54) is 6.07 Å². The Morgan fingerprint density at radius 1 is 1.26 bits per heavy atom. The van der Waals surface area contributed by atoms with Crippen LogP contribution in [0.1, 0.15) is 29.6 Å². The molecule has 0 unspecified atom stereocenters. The van der Waals surface area contributed by atoms with Crippen molar-refractivity contribution in [1.29, 1.82) is 0 Å². The highest BCUT2D eigenvalue weighted by Crippen LogP contribution is 2.45. The van der Waals surface area contributed by atoms with Crippen LogP contribution in [0.25, 0.3) is 0 Å². The molecule has 0 radical (unpaired) electrons. The van der Waals surface area contributed by atoms with Gasteiger partial charge >= 0.3 is 0 Å². The summed E-state index contributed by atoms with van der Waals surface area (Å²) >= 11 is 0. The van der Waals surface area contributed by atoms with Gasteiger partial charge in [0.05, 0.1) is 19.1 Å². The first kappa shape index (κ1) is 14.6. The Morgan fingerprint density at radius 2 is 2.09 bits per heavy atom. The first-order valence-corrected chi connectivity index (χ1v) is 7.73. The van der Waals surface area contributed by atoms with E-state index in [0.29, 0.717) is 26.1 Å². The number of benzene rings is 1. The minimum atomic E-state index is -1.05. The molecule has 0 saturated carbocycles. The Bertz CT molecular complexity index is 696. The molecule has 3 heterocycles. The molecule has 0 aliphatic carbocycles. The molecular formula is C16H16F2N2O3. The van der Waals surface area contributed by atoms with Crippen molar-refractivity contribution in [2.24, 2.45) is 0 Å². The fourth-order valence-corrected chi connectivity index (χ4v) is 3.99. The highest BCUT2D eigenvalue weighted by molar-refractivity contribution is 5.95. The van der Waals surface area contributed by atoms with E-state index in [4.69, 9.17) is 4.74 Å². The maximum atomic E-state index is 13.4. The van der Waals surface area contributed by atoms with E-state index in [1.807, 2.05) is 0 Å². The van der Waals surface area contributed by atoms with Crippen LogP contribution in [-0.4, -0.2) is 53.1 Å². The molecular weight excluding hydrogens is 306 g/mol. The lowest BCUT2D eigenvalue weighted by Gasteiger charge is -2.42. The van der Waals surface area contributed by atoms with Crippen molar-refractivity contribution in [3.05, 3.63) is 35.4 Å². The van der Waals surface area contributed by atoms with Gasteiger partial charge in [-0.25, -0.2) is 8.78 Å². The quantitative estimate of drug-likeness (QED) is 0.788. The van der Waals surface area contributed by atoms with Gasteiger partial charge in [-0.1, -0.05) is 0 Å². The third kappa shape index (κ3) is 1.99. The summed E-state index contributed by atoms with van der Waals surface area (Å²) in [6, 6.07) is 2.74. The largest absolute Gasteiger partial charge is 0.353 e. The molecule has 1 aromatic rings. The molecule has 0 N–H and O–H groups in total. The van der Waals surface area contributed by atoms with Crippen LogP contribution in [0, 0.1) is 11.6 Å². The first-order chi connectivity index (χ1) is 11.0. The topological polar surface area (TPSA) is 49.9 Å². The van der Waals surface area contributed by atoms with Crippen molar-refractivity contribution in [1.82, 2.24) is 9.80 Å². The van der Waals surface area contributed by atoms with Crippen LogP contribution in [0.5, 0.6) is 0 Å². The van der Waals surface area contributed by atoms with Gasteiger partial charge in [0.2, 0.25) is 5.91 Å². The molecule has 122 valence electrons. The molecule has 7 heteroatoms. The predicted molar refractivity (Wildman–Crippen MR) is 75.4 cm³/mol. The Kier molecular flexibility index (Phi) is 3.16. The minimum Gasteiger partial charge on any atom is -0.353 e. The fourth-order valence-electron chi connectivity index (χ4n) is 3.99. The number of ether oxygens (including phenoxy) is 1. The van der Waals surface area contributed by atoms with Gasteiger partial charge in [0.15, 0.2) is 17.4 Å². The van der Waals surface area contributed by atoms with E-state index in [-0.39, 0.29) is 23.9 Å². The number of carbonyl (C=O) groups is 2. The van der Waals surface area contributed by atoms with Crippen LogP contribution < -0.4 is 0 Å². The van der Waals surface area contributed by atoms with E-state index < -0.39 is 23.3 Å². The highest BCUT2D eigenvalue weighted by Gasteiger charge is 2.61. The standard InChI is InChI=1S/C16H16F2N2O3/c17-11-3-2-10(8-12(11)18)15(22)19-6-4-16-13(19)9-14(21)20(16)5-1-7-23-16/h2-3,8,13H,1,4-7,9H2/t13-,16+/m1/s1. The van der Waals surface area contributed by atoms with E-state index in [0.717, 1.165) is 18.6 Å². The van der Waals surface area contributed by atoms with Gasteiger partial charge in [-0.2, -0.15) is 0 Å². The molecule has 3 fully saturated rings. The average molecular weight is 322 g/mol. The molecule has 3 aliphatic heterocycles. The first-order valence-electron chi connectivity index (χ1n) is 7.73. The number of likely N-dealkylation sites (tertiary alicyclic amines) is 1. The summed E-state index contributed by atoms with van der Waals surface area (Å²) in [4.78, 5) is 28.2. The van der Waals surface area contributed by atoms with E-state index >= 15 is 0 Å². The number of rotatable bonds is 1. The summed E-state index contributed by atoms with van der Waals surface area (Å²) in [5.74, 6) is -2.45. The van der Waals surface area contributed by atoms with E-state index in [2.05, 4.69) is 0 Å². The molecule has 23 heavy (non-hydrogen) atoms. The van der Waals surface area contributed by atoms with Crippen LogP contribution in [0.2, 0.25) is 0 Å². The van der Waals surface area contributed by atoms with Crippen molar-refractivity contribution < 1.29 is 23.1 Å². The predicted octanol–water partition coefficient (Wildman–Crippen LogP) is 1.53. The minimum absolute atomic E-state index is 0.0162. The monoisotopic (exact) mass is 322 g/mol. The molecule has 2 amide bonds. The third-order valence-corrected chi connectivity index (χ3v) is 5.04. The summed E-state index contributed by atoms with van der Waals surface area (Å²) in [6.07, 6.45) is 1.56. The lowest BCUT2D eigenvalue weighted by molar-refractivity contribution is -0.179. The highest BCUT2D eigenvalue weighted by atomic mass is 19.2. The van der Waals surface area contributed by atoms with E-state index in [1.54, 1.807) is 9.80 Å². The van der Waals surface area contributed by atoms with Crippen LogP contribution in [0.3, 0.4) is 0 Å². The normalized spacial score (nSPS) is 29.7. The second kappa shape index (κ2) is 4.99. The maximum absolute atomic E-state index is 13.4. The lowest BCUT2D eigenvalue weighted by Crippen LogP contribution is -2.56. The zero-order valence-corrected chi connectivity index (χ0v) is 12.4. The lowest BCUT2D eigenvalue weighted by atomic mass is 10.0. The summed E-state index contributed by atoms with van der Waals surface area (Å²) < 4.78 is 32.4. The Morgan fingerprint density at radius 3 is 2.87 bits per heavy atom. The number of carbonyl (C=O) groups excluding carboxylic acids is 2. The molecule has 1 aromatic carbocycles. The Labute approximate surface area is 131 Å². The van der Waals surface area contributed by atoms with Crippen molar-refractivity contribution in [3.63, 3.8) is 0 Å². The van der Waals surface area contributed by atoms with Gasteiger partial charge in [-0.3, -0.25) is 9.59 Å². The van der Waals surface area contributed by atoms with Gasteiger partial charge in [0.25, 0.3) is 5.91 Å². The molecule has 2 atom stereocenters. The SMILES string of the molecule is O=C(c1ccc(F)c(F)c1)N1CC[C@@]23OCCCN2C(=O)C[C@@H]13. The summed E-state index contributed by atoms with van der Waals surface area (Å²) in [5.41, 5.74) is -0.647. The average Bonchev–Trinajstić information content (AvgIpc) is 3.02. The van der Waals surface area contributed by atoms with Crippen molar-refractivity contribution in [3.8, 4) is 0 Å². The van der Waals surface area contributed by atoms with Gasteiger partial charge < -0.3 is 14.5 Å². The number of nitrogens with zero attached hydrogens (tertiary/aromatic N) is 2. The maximum Gasteiger partial charge on any atom is 0.254 e. The summed E-state index contributed by atoms with van der Waals surface area (Å²) in [5, 5.41) is 0. The van der Waals surface area contributed by atoms with Gasteiger partial charge in [-0.05, 0) is 24.6 Å². The van der Waals surface area contributed by atoms with Gasteiger partial charge in [-0.15, -0.1) is 0 Å². The Hall–Kier alpha value is -2.02. The van der Waals surface area contributed by atoms with E-state index in [9.17, 15) is 18.4 Å². The number of amides is 2. The number of hydrogen-bond donors (Lipinski definition) is 0. The summed E-state index contributed by atoms with van der Waals surface area (Å²) in [6.45, 7) is 1.64. The van der Waals surface area contributed by atoms with Crippen LogP contribution >= 0.6 is 0 Å². The Balaban J connectivity index is 1.64.